The highest BCUT2D eigenvalue weighted by Crippen LogP contribution is 2.58. The van der Waals surface area contributed by atoms with Crippen molar-refractivity contribution in [3.63, 3.8) is 0 Å². The molecule has 0 radical (unpaired) electrons. The van der Waals surface area contributed by atoms with Gasteiger partial charge in [0, 0.05) is 17.5 Å². The molecule has 7 nitrogen and oxygen atoms in total. The van der Waals surface area contributed by atoms with Crippen LogP contribution >= 0.6 is 11.6 Å². The van der Waals surface area contributed by atoms with Crippen LogP contribution in [-0.2, 0) is 14.3 Å². The van der Waals surface area contributed by atoms with Crippen LogP contribution in [0.4, 0.5) is 0 Å². The molecule has 35 heavy (non-hydrogen) atoms. The van der Waals surface area contributed by atoms with Crippen molar-refractivity contribution in [1.82, 2.24) is 9.80 Å². The van der Waals surface area contributed by atoms with Crippen LogP contribution < -0.4 is 0 Å². The molecule has 2 saturated heterocycles. The molecule has 0 spiro atoms. The Labute approximate surface area is 210 Å². The number of hydrogen-bond donors (Lipinski definition) is 0. The normalized spacial score (nSPS) is 25.6. The highest BCUT2D eigenvalue weighted by atomic mass is 35.5. The lowest BCUT2D eigenvalue weighted by Crippen LogP contribution is -2.47. The molecule has 0 N–H and O–H groups in total. The topological polar surface area (TPSA) is 97.4 Å². The number of esters is 1. The minimum atomic E-state index is -1.73. The number of methoxy groups -OCH3 is 1. The fraction of sp³-hybridized carbons (Fsp3) is 0.407. The largest absolute Gasteiger partial charge is 0.467 e. The Bertz CT molecular complexity index is 1180. The molecule has 2 heterocycles. The zero-order valence-electron chi connectivity index (χ0n) is 19.9. The molecule has 0 aliphatic carbocycles. The van der Waals surface area contributed by atoms with E-state index >= 15 is 0 Å². The van der Waals surface area contributed by atoms with Gasteiger partial charge in [-0.05, 0) is 50.2 Å². The fourth-order valence-corrected chi connectivity index (χ4v) is 5.64. The Morgan fingerprint density at radius 3 is 2.17 bits per heavy atom. The van der Waals surface area contributed by atoms with Gasteiger partial charge in [0.1, 0.15) is 6.04 Å². The summed E-state index contributed by atoms with van der Waals surface area (Å²) in [6.45, 7) is 3.22. The summed E-state index contributed by atoms with van der Waals surface area (Å²) in [7, 11) is 3.20. The van der Waals surface area contributed by atoms with Crippen molar-refractivity contribution in [2.75, 3.05) is 27.2 Å². The minimum Gasteiger partial charge on any atom is -0.467 e. The molecule has 0 aromatic heterocycles. The molecule has 2 fully saturated rings. The maximum atomic E-state index is 14.1. The van der Waals surface area contributed by atoms with E-state index in [1.807, 2.05) is 38.2 Å². The van der Waals surface area contributed by atoms with Crippen LogP contribution in [0.15, 0.2) is 48.5 Å². The number of hydrogen-bond acceptors (Lipinski definition) is 6. The van der Waals surface area contributed by atoms with Crippen LogP contribution in [0.1, 0.15) is 35.1 Å². The number of rotatable bonds is 4. The quantitative estimate of drug-likeness (QED) is 0.604. The van der Waals surface area contributed by atoms with Gasteiger partial charge in [-0.3, -0.25) is 4.79 Å². The average Bonchev–Trinajstić information content (AvgIpc) is 3.43. The molecule has 2 aromatic rings. The summed E-state index contributed by atoms with van der Waals surface area (Å²) in [5.41, 5.74) is 0.465. The van der Waals surface area contributed by atoms with E-state index in [-0.39, 0.29) is 11.8 Å². The second-order valence-electron chi connectivity index (χ2n) is 9.40. The van der Waals surface area contributed by atoms with Gasteiger partial charge in [-0.25, -0.2) is 4.79 Å². The smallest absolute Gasteiger partial charge is 0.329 e. The van der Waals surface area contributed by atoms with E-state index in [1.54, 1.807) is 24.3 Å². The zero-order chi connectivity index (χ0) is 25.3. The first-order chi connectivity index (χ1) is 16.8. The number of carbonyl (C=O) groups excluding carboxylic acids is 2. The molecule has 8 heteroatoms. The van der Waals surface area contributed by atoms with Crippen LogP contribution in [0.5, 0.6) is 0 Å². The molecule has 180 valence electrons. The molecule has 4 rings (SSSR count). The average molecular weight is 491 g/mol. The maximum Gasteiger partial charge on any atom is 0.329 e. The molecule has 2 aliphatic heterocycles. The third kappa shape index (κ3) is 4.16. The molecule has 2 aromatic carbocycles. The summed E-state index contributed by atoms with van der Waals surface area (Å²) < 4.78 is 5.18. The summed E-state index contributed by atoms with van der Waals surface area (Å²) >= 11 is 6.13. The number of nitriles is 2. The van der Waals surface area contributed by atoms with E-state index in [4.69, 9.17) is 16.3 Å². The van der Waals surface area contributed by atoms with Crippen LogP contribution in [-0.4, -0.2) is 55.0 Å². The Kier molecular flexibility index (Phi) is 6.85. The van der Waals surface area contributed by atoms with Gasteiger partial charge in [0.25, 0.3) is 0 Å². The van der Waals surface area contributed by atoms with Crippen LogP contribution in [0.25, 0.3) is 0 Å². The fourth-order valence-electron chi connectivity index (χ4n) is 5.52. The van der Waals surface area contributed by atoms with Crippen LogP contribution in [0.3, 0.4) is 0 Å². The molecule has 2 aliphatic rings. The van der Waals surface area contributed by atoms with Crippen molar-refractivity contribution in [1.29, 1.82) is 10.5 Å². The van der Waals surface area contributed by atoms with Gasteiger partial charge >= 0.3 is 5.97 Å². The monoisotopic (exact) mass is 490 g/mol. The first kappa shape index (κ1) is 24.7. The van der Waals surface area contributed by atoms with Gasteiger partial charge in [-0.2, -0.15) is 10.5 Å². The number of amides is 1. The van der Waals surface area contributed by atoms with Crippen molar-refractivity contribution in [2.24, 2.45) is 11.3 Å². The van der Waals surface area contributed by atoms with E-state index in [0.717, 1.165) is 12.1 Å². The van der Waals surface area contributed by atoms with Gasteiger partial charge in [0.15, 0.2) is 5.41 Å². The van der Waals surface area contributed by atoms with Gasteiger partial charge < -0.3 is 14.5 Å². The summed E-state index contributed by atoms with van der Waals surface area (Å²) in [6, 6.07) is 16.5. The second kappa shape index (κ2) is 9.70. The van der Waals surface area contributed by atoms with E-state index < -0.39 is 29.4 Å². The Balaban J connectivity index is 1.98. The molecule has 0 saturated carbocycles. The van der Waals surface area contributed by atoms with E-state index in [2.05, 4.69) is 17.0 Å². The number of carbonyl (C=O) groups is 2. The van der Waals surface area contributed by atoms with Gasteiger partial charge in [0.05, 0.1) is 31.2 Å². The highest BCUT2D eigenvalue weighted by Gasteiger charge is 2.66. The highest BCUT2D eigenvalue weighted by molar-refractivity contribution is 6.30. The molecule has 1 amide bonds. The van der Waals surface area contributed by atoms with Crippen molar-refractivity contribution < 1.29 is 14.3 Å². The first-order valence-electron chi connectivity index (χ1n) is 11.5. The molecule has 4 atom stereocenters. The second-order valence-corrected chi connectivity index (χ2v) is 9.83. The standard InChI is InChI=1S/C27H27ClN4O3/c1-17-4-6-18(7-5-17)22-23(26(34)35-3)32(25(33)20-12-13-31(2)14-20)24(27(22,15-29)16-30)19-8-10-21(28)11-9-19/h4-11,20,22-24H,12-14H2,1-3H3/t20?,22-,23+,24-/m0/s1. The van der Waals surface area contributed by atoms with Crippen molar-refractivity contribution in [3.05, 3.63) is 70.2 Å². The lowest BCUT2D eigenvalue weighted by Gasteiger charge is -2.33. The first-order valence-corrected chi connectivity index (χ1v) is 11.9. The predicted molar refractivity (Wildman–Crippen MR) is 130 cm³/mol. The third-order valence-electron chi connectivity index (χ3n) is 7.25. The van der Waals surface area contributed by atoms with Crippen molar-refractivity contribution in [3.8, 4) is 12.1 Å². The lowest BCUT2D eigenvalue weighted by molar-refractivity contribution is -0.154. The van der Waals surface area contributed by atoms with E-state index in [9.17, 15) is 20.1 Å². The van der Waals surface area contributed by atoms with Gasteiger partial charge in [0.2, 0.25) is 5.91 Å². The molecular weight excluding hydrogens is 464 g/mol. The number of nitrogens with zero attached hydrogens (tertiary/aromatic N) is 4. The van der Waals surface area contributed by atoms with Crippen molar-refractivity contribution >= 4 is 23.5 Å². The molecular formula is C27H27ClN4O3. The van der Waals surface area contributed by atoms with Crippen molar-refractivity contribution in [2.45, 2.75) is 31.3 Å². The number of halogens is 1. The summed E-state index contributed by atoms with van der Waals surface area (Å²) in [4.78, 5) is 30.9. The molecule has 0 bridgehead atoms. The van der Waals surface area contributed by atoms with Gasteiger partial charge in [-0.1, -0.05) is 53.6 Å². The Morgan fingerprint density at radius 1 is 1.06 bits per heavy atom. The van der Waals surface area contributed by atoms with Crippen LogP contribution in [0, 0.1) is 40.9 Å². The minimum absolute atomic E-state index is 0.255. The Morgan fingerprint density at radius 2 is 1.66 bits per heavy atom. The lowest BCUT2D eigenvalue weighted by atomic mass is 9.68. The summed E-state index contributed by atoms with van der Waals surface area (Å²) in [5, 5.41) is 21.6. The number of aryl methyl sites for hydroxylation is 1. The third-order valence-corrected chi connectivity index (χ3v) is 7.50. The Hall–Kier alpha value is -3.39. The maximum absolute atomic E-state index is 14.1. The number of likely N-dealkylation sites (tertiary alicyclic amines) is 2. The zero-order valence-corrected chi connectivity index (χ0v) is 20.7. The van der Waals surface area contributed by atoms with E-state index in [1.165, 1.54) is 12.0 Å². The van der Waals surface area contributed by atoms with Crippen LogP contribution in [0.2, 0.25) is 5.02 Å². The predicted octanol–water partition coefficient (Wildman–Crippen LogP) is 3.84. The summed E-state index contributed by atoms with van der Waals surface area (Å²) in [5.74, 6) is -2.17. The van der Waals surface area contributed by atoms with Gasteiger partial charge in [-0.15, -0.1) is 0 Å². The number of ether oxygens (including phenoxy) is 1. The van der Waals surface area contributed by atoms with E-state index in [0.29, 0.717) is 29.1 Å². The number of benzene rings is 2. The SMILES string of the molecule is COC(=O)[C@H]1[C@H](c2ccc(C)cc2)C(C#N)(C#N)[C@H](c2ccc(Cl)cc2)N1C(=O)C1CCN(C)C1. The molecule has 1 unspecified atom stereocenters. The summed E-state index contributed by atoms with van der Waals surface area (Å²) in [6.07, 6.45) is 0.633.